The maximum Gasteiger partial charge on any atom is 0.119 e. The topological polar surface area (TPSA) is 21.3 Å². The second kappa shape index (κ2) is 12.8. The largest absolute Gasteiger partial charge is 0.494 e. The summed E-state index contributed by atoms with van der Waals surface area (Å²) in [5.41, 5.74) is 6.57. The van der Waals surface area contributed by atoms with Crippen LogP contribution in [-0.4, -0.2) is 20.2 Å². The van der Waals surface area contributed by atoms with Crippen LogP contribution in [0.1, 0.15) is 82.7 Å². The summed E-state index contributed by atoms with van der Waals surface area (Å²) in [7, 11) is 2.00. The van der Waals surface area contributed by atoms with E-state index in [2.05, 4.69) is 113 Å². The highest BCUT2D eigenvalue weighted by Crippen LogP contribution is 2.36. The van der Waals surface area contributed by atoms with E-state index in [0.29, 0.717) is 0 Å². The second-order valence-corrected chi connectivity index (χ2v) is 9.75. The molecule has 1 N–H and O–H groups in total. The predicted molar refractivity (Wildman–Crippen MR) is 148 cm³/mol. The van der Waals surface area contributed by atoms with Crippen molar-refractivity contribution in [1.29, 1.82) is 0 Å². The summed E-state index contributed by atoms with van der Waals surface area (Å²) < 4.78 is 5.75. The molecule has 0 aliphatic carbocycles. The SMILES string of the molecule is CC.CCCOc1ccc(C(C)(C)c2ccc(C(C)(C)c3ccc(CCNC)cc3)cc2)cc1. The van der Waals surface area contributed by atoms with E-state index >= 15 is 0 Å². The van der Waals surface area contributed by atoms with E-state index in [1.54, 1.807) is 0 Å². The van der Waals surface area contributed by atoms with Gasteiger partial charge in [0.2, 0.25) is 0 Å². The van der Waals surface area contributed by atoms with Gasteiger partial charge in [0.1, 0.15) is 5.75 Å². The lowest BCUT2D eigenvalue weighted by Gasteiger charge is -2.29. The normalized spacial score (nSPS) is 11.5. The van der Waals surface area contributed by atoms with Crippen LogP contribution in [0.15, 0.2) is 72.8 Å². The zero-order valence-corrected chi connectivity index (χ0v) is 22.7. The van der Waals surface area contributed by atoms with Crippen molar-refractivity contribution in [3.63, 3.8) is 0 Å². The first kappa shape index (κ1) is 27.7. The van der Waals surface area contributed by atoms with E-state index in [4.69, 9.17) is 4.74 Å². The highest BCUT2D eigenvalue weighted by atomic mass is 16.5. The third-order valence-corrected chi connectivity index (χ3v) is 6.72. The Kier molecular flexibility index (Phi) is 10.4. The fourth-order valence-electron chi connectivity index (χ4n) is 4.18. The van der Waals surface area contributed by atoms with Gasteiger partial charge in [-0.25, -0.2) is 0 Å². The van der Waals surface area contributed by atoms with Crippen LogP contribution in [0.4, 0.5) is 0 Å². The molecule has 0 heterocycles. The number of rotatable bonds is 10. The monoisotopic (exact) mass is 459 g/mol. The average Bonchev–Trinajstić information content (AvgIpc) is 2.88. The molecular formula is C32H45NO. The van der Waals surface area contributed by atoms with Crippen molar-refractivity contribution in [2.75, 3.05) is 20.2 Å². The lowest BCUT2D eigenvalue weighted by atomic mass is 9.74. The highest BCUT2D eigenvalue weighted by molar-refractivity contribution is 5.44. The molecule has 0 unspecified atom stereocenters. The van der Waals surface area contributed by atoms with Crippen molar-refractivity contribution in [2.45, 2.75) is 72.1 Å². The standard InChI is InChI=1S/C30H39NO.C2H6/c1-7-22-32-28-18-16-27(17-19-28)30(4,5)26-14-12-25(13-15-26)29(2,3)24-10-8-23(9-11-24)20-21-31-6;1-2/h8-19,31H,7,20-22H2,1-6H3;1-2H3. The van der Waals surface area contributed by atoms with Gasteiger partial charge in [-0.1, -0.05) is 109 Å². The molecule has 0 amide bonds. The van der Waals surface area contributed by atoms with E-state index in [-0.39, 0.29) is 10.8 Å². The third-order valence-electron chi connectivity index (χ3n) is 6.72. The van der Waals surface area contributed by atoms with Gasteiger partial charge >= 0.3 is 0 Å². The number of hydrogen-bond acceptors (Lipinski definition) is 2. The molecule has 3 rings (SSSR count). The van der Waals surface area contributed by atoms with Gasteiger partial charge in [-0.2, -0.15) is 0 Å². The predicted octanol–water partition coefficient (Wildman–Crippen LogP) is 7.92. The lowest BCUT2D eigenvalue weighted by molar-refractivity contribution is 0.317. The third kappa shape index (κ3) is 6.73. The van der Waals surface area contributed by atoms with Gasteiger partial charge in [-0.15, -0.1) is 0 Å². The van der Waals surface area contributed by atoms with Crippen LogP contribution < -0.4 is 10.1 Å². The molecule has 3 aromatic carbocycles. The van der Waals surface area contributed by atoms with Gasteiger partial charge in [0.25, 0.3) is 0 Å². The Morgan fingerprint density at radius 1 is 0.647 bits per heavy atom. The zero-order chi connectivity index (χ0) is 25.2. The molecule has 0 spiro atoms. The van der Waals surface area contributed by atoms with Crippen molar-refractivity contribution >= 4 is 0 Å². The molecule has 3 aromatic rings. The Balaban J connectivity index is 0.00000199. The number of hydrogen-bond donors (Lipinski definition) is 1. The smallest absolute Gasteiger partial charge is 0.119 e. The molecule has 2 nitrogen and oxygen atoms in total. The van der Waals surface area contributed by atoms with E-state index in [0.717, 1.165) is 31.7 Å². The Labute approximate surface area is 208 Å². The van der Waals surface area contributed by atoms with E-state index in [9.17, 15) is 0 Å². The van der Waals surface area contributed by atoms with Crippen LogP contribution in [-0.2, 0) is 17.3 Å². The molecule has 0 aliphatic rings. The Morgan fingerprint density at radius 2 is 1.03 bits per heavy atom. The molecular weight excluding hydrogens is 414 g/mol. The molecule has 184 valence electrons. The fourth-order valence-corrected chi connectivity index (χ4v) is 4.18. The van der Waals surface area contributed by atoms with Crippen molar-refractivity contribution in [3.8, 4) is 5.75 Å². The zero-order valence-electron chi connectivity index (χ0n) is 22.7. The number of nitrogens with one attached hydrogen (secondary N) is 1. The van der Waals surface area contributed by atoms with Crippen LogP contribution in [0.25, 0.3) is 0 Å². The summed E-state index contributed by atoms with van der Waals surface area (Å²) in [6.07, 6.45) is 2.09. The Morgan fingerprint density at radius 3 is 1.41 bits per heavy atom. The van der Waals surface area contributed by atoms with Gasteiger partial charge in [0.05, 0.1) is 6.61 Å². The summed E-state index contributed by atoms with van der Waals surface area (Å²) in [5.74, 6) is 0.945. The van der Waals surface area contributed by atoms with Crippen LogP contribution >= 0.6 is 0 Å². The van der Waals surface area contributed by atoms with E-state index in [1.165, 1.54) is 27.8 Å². The number of likely N-dealkylation sites (N-methyl/N-ethyl adjacent to an activating group) is 1. The quantitative estimate of drug-likeness (QED) is 0.332. The minimum Gasteiger partial charge on any atom is -0.494 e. The summed E-state index contributed by atoms with van der Waals surface area (Å²) in [5, 5.41) is 3.22. The lowest BCUT2D eigenvalue weighted by Crippen LogP contribution is -2.21. The summed E-state index contributed by atoms with van der Waals surface area (Å²) in [6.45, 7) is 17.1. The van der Waals surface area contributed by atoms with Crippen molar-refractivity contribution < 1.29 is 4.74 Å². The molecule has 0 fully saturated rings. The molecule has 0 aromatic heterocycles. The van der Waals surface area contributed by atoms with Crippen LogP contribution in [0.5, 0.6) is 5.75 Å². The first-order valence-electron chi connectivity index (χ1n) is 12.9. The van der Waals surface area contributed by atoms with Crippen LogP contribution in [0.3, 0.4) is 0 Å². The fraction of sp³-hybridized carbons (Fsp3) is 0.438. The second-order valence-electron chi connectivity index (χ2n) is 9.75. The molecule has 0 bridgehead atoms. The molecule has 0 atom stereocenters. The molecule has 34 heavy (non-hydrogen) atoms. The van der Waals surface area contributed by atoms with Crippen LogP contribution in [0.2, 0.25) is 0 Å². The summed E-state index contributed by atoms with van der Waals surface area (Å²) in [4.78, 5) is 0. The first-order valence-corrected chi connectivity index (χ1v) is 12.9. The van der Waals surface area contributed by atoms with Crippen LogP contribution in [0, 0.1) is 0 Å². The molecule has 0 saturated carbocycles. The van der Waals surface area contributed by atoms with Crippen molar-refractivity contribution in [2.24, 2.45) is 0 Å². The molecule has 0 radical (unpaired) electrons. The molecule has 2 heteroatoms. The minimum absolute atomic E-state index is 0.0392. The maximum atomic E-state index is 5.75. The maximum absolute atomic E-state index is 5.75. The van der Waals surface area contributed by atoms with Gasteiger partial charge in [0.15, 0.2) is 0 Å². The first-order chi connectivity index (χ1) is 16.3. The van der Waals surface area contributed by atoms with Gasteiger partial charge in [0, 0.05) is 10.8 Å². The highest BCUT2D eigenvalue weighted by Gasteiger charge is 2.26. The Hall–Kier alpha value is -2.58. The van der Waals surface area contributed by atoms with Gasteiger partial charge in [-0.3, -0.25) is 0 Å². The average molecular weight is 460 g/mol. The van der Waals surface area contributed by atoms with E-state index < -0.39 is 0 Å². The van der Waals surface area contributed by atoms with Crippen molar-refractivity contribution in [3.05, 3.63) is 101 Å². The van der Waals surface area contributed by atoms with E-state index in [1.807, 2.05) is 20.9 Å². The van der Waals surface area contributed by atoms with Gasteiger partial charge < -0.3 is 10.1 Å². The number of ether oxygens (including phenoxy) is 1. The summed E-state index contributed by atoms with van der Waals surface area (Å²) in [6, 6.07) is 26.8. The number of benzene rings is 3. The molecule has 0 aliphatic heterocycles. The minimum atomic E-state index is -0.0685. The van der Waals surface area contributed by atoms with Gasteiger partial charge in [-0.05, 0) is 66.4 Å². The Bertz CT molecular complexity index is 885. The summed E-state index contributed by atoms with van der Waals surface area (Å²) >= 11 is 0. The molecule has 0 saturated heterocycles. The van der Waals surface area contributed by atoms with Crippen molar-refractivity contribution in [1.82, 2.24) is 5.32 Å².